The van der Waals surface area contributed by atoms with Crippen LogP contribution >= 0.6 is 11.8 Å². The summed E-state index contributed by atoms with van der Waals surface area (Å²) in [6.45, 7) is 3.36. The van der Waals surface area contributed by atoms with E-state index >= 15 is 0 Å². The molecule has 0 aromatic heterocycles. The molecule has 5 N–H and O–H groups in total. The Morgan fingerprint density at radius 2 is 2.06 bits per heavy atom. The van der Waals surface area contributed by atoms with E-state index < -0.39 is 0 Å². The maximum atomic E-state index is 10.9. The molecule has 0 bridgehead atoms. The lowest BCUT2D eigenvalue weighted by molar-refractivity contribution is -0.119. The predicted octanol–water partition coefficient (Wildman–Crippen LogP) is 1.43. The number of anilines is 2. The Morgan fingerprint density at radius 3 is 2.59 bits per heavy atom. The van der Waals surface area contributed by atoms with E-state index in [0.29, 0.717) is 17.1 Å². The molecule has 0 aliphatic rings. The highest BCUT2D eigenvalue weighted by molar-refractivity contribution is 8.00. The molecule has 17 heavy (non-hydrogen) atoms. The first-order valence-electron chi connectivity index (χ1n) is 5.10. The average molecular weight is 255 g/mol. The molecule has 0 spiro atoms. The van der Waals surface area contributed by atoms with Crippen molar-refractivity contribution in [2.24, 2.45) is 0 Å². The minimum atomic E-state index is -0.0778. The fourth-order valence-corrected chi connectivity index (χ4v) is 2.36. The van der Waals surface area contributed by atoms with Gasteiger partial charge in [0, 0.05) is 17.5 Å². The quantitative estimate of drug-likeness (QED) is 0.430. The first kappa shape index (κ1) is 13.5. The Kier molecular flexibility index (Phi) is 4.51. The number of nitrogens with two attached hydrogens (primary N) is 2. The van der Waals surface area contributed by atoms with E-state index in [2.05, 4.69) is 5.32 Å². The number of hydrogen-bond acceptors (Lipinski definition) is 5. The Hall–Kier alpha value is -1.56. The molecule has 0 fully saturated rings. The summed E-state index contributed by atoms with van der Waals surface area (Å²) in [6, 6.07) is 3.43. The van der Waals surface area contributed by atoms with E-state index in [1.807, 2.05) is 6.92 Å². The molecule has 0 saturated heterocycles. The number of benzene rings is 1. The molecule has 1 amide bonds. The number of nitrogen functional groups attached to an aromatic ring is 2. The van der Waals surface area contributed by atoms with Gasteiger partial charge in [0.1, 0.15) is 5.75 Å². The topological polar surface area (TPSA) is 90.4 Å². The minimum Gasteiger partial charge on any atom is -0.495 e. The summed E-state index contributed by atoms with van der Waals surface area (Å²) in [5, 5.41) is 2.70. The molecule has 5 nitrogen and oxygen atoms in total. The number of ether oxygens (including phenoxy) is 1. The third kappa shape index (κ3) is 3.74. The number of thioether (sulfide) groups is 1. The molecule has 1 aromatic rings. The average Bonchev–Trinajstić information content (AvgIpc) is 2.20. The van der Waals surface area contributed by atoms with E-state index in [1.54, 1.807) is 19.2 Å². The second-order valence-corrected chi connectivity index (χ2v) is 4.98. The van der Waals surface area contributed by atoms with Gasteiger partial charge in [-0.3, -0.25) is 4.79 Å². The van der Waals surface area contributed by atoms with Crippen molar-refractivity contribution in [3.05, 3.63) is 12.1 Å². The Balaban J connectivity index is 2.87. The number of amides is 1. The van der Waals surface area contributed by atoms with Crippen molar-refractivity contribution in [2.75, 3.05) is 18.6 Å². The SMILES string of the molecule is COc1cc(SC(C)NC(C)=O)c(N)cc1N. The highest BCUT2D eigenvalue weighted by atomic mass is 32.2. The number of methoxy groups -OCH3 is 1. The van der Waals surface area contributed by atoms with E-state index in [0.717, 1.165) is 4.90 Å². The summed E-state index contributed by atoms with van der Waals surface area (Å²) >= 11 is 1.44. The summed E-state index contributed by atoms with van der Waals surface area (Å²) in [7, 11) is 1.55. The van der Waals surface area contributed by atoms with Crippen LogP contribution in [0.15, 0.2) is 17.0 Å². The Morgan fingerprint density at radius 1 is 1.41 bits per heavy atom. The highest BCUT2D eigenvalue weighted by Crippen LogP contribution is 2.35. The molecule has 1 atom stereocenters. The summed E-state index contributed by atoms with van der Waals surface area (Å²) in [5.41, 5.74) is 12.7. The fourth-order valence-electron chi connectivity index (χ4n) is 1.38. The zero-order chi connectivity index (χ0) is 13.0. The molecule has 1 unspecified atom stereocenters. The van der Waals surface area contributed by atoms with Crippen molar-refractivity contribution in [3.8, 4) is 5.75 Å². The number of hydrogen-bond donors (Lipinski definition) is 3. The molecular formula is C11H17N3O2S. The highest BCUT2D eigenvalue weighted by Gasteiger charge is 2.11. The molecule has 0 radical (unpaired) electrons. The molecule has 6 heteroatoms. The van der Waals surface area contributed by atoms with Crippen LogP contribution in [0.3, 0.4) is 0 Å². The molecule has 1 rings (SSSR count). The van der Waals surface area contributed by atoms with Crippen LogP contribution in [0.1, 0.15) is 13.8 Å². The van der Waals surface area contributed by atoms with Crippen LogP contribution in [0.4, 0.5) is 11.4 Å². The normalized spacial score (nSPS) is 11.9. The predicted molar refractivity (Wildman–Crippen MR) is 71.0 cm³/mol. The van der Waals surface area contributed by atoms with Crippen LogP contribution in [-0.4, -0.2) is 18.4 Å². The van der Waals surface area contributed by atoms with Gasteiger partial charge in [-0.15, -0.1) is 0 Å². The fraction of sp³-hybridized carbons (Fsp3) is 0.364. The smallest absolute Gasteiger partial charge is 0.217 e. The van der Waals surface area contributed by atoms with E-state index in [9.17, 15) is 4.79 Å². The second-order valence-electron chi connectivity index (χ2n) is 3.59. The van der Waals surface area contributed by atoms with Crippen LogP contribution < -0.4 is 21.5 Å². The lowest BCUT2D eigenvalue weighted by atomic mass is 10.2. The second kappa shape index (κ2) is 5.67. The van der Waals surface area contributed by atoms with Crippen LogP contribution in [0.5, 0.6) is 5.75 Å². The minimum absolute atomic E-state index is 0.0665. The maximum Gasteiger partial charge on any atom is 0.217 e. The van der Waals surface area contributed by atoms with E-state index in [-0.39, 0.29) is 11.3 Å². The molecule has 94 valence electrons. The van der Waals surface area contributed by atoms with Gasteiger partial charge in [-0.2, -0.15) is 0 Å². The molecule has 0 aliphatic carbocycles. The van der Waals surface area contributed by atoms with Gasteiger partial charge in [0.15, 0.2) is 0 Å². The number of carbonyl (C=O) groups excluding carboxylic acids is 1. The van der Waals surface area contributed by atoms with Gasteiger partial charge in [0.05, 0.1) is 18.2 Å². The monoisotopic (exact) mass is 255 g/mol. The number of carbonyl (C=O) groups is 1. The van der Waals surface area contributed by atoms with Crippen LogP contribution in [0.2, 0.25) is 0 Å². The summed E-state index contributed by atoms with van der Waals surface area (Å²) < 4.78 is 5.12. The first-order chi connectivity index (χ1) is 7.93. The van der Waals surface area contributed by atoms with Crippen molar-refractivity contribution in [1.29, 1.82) is 0 Å². The molecular weight excluding hydrogens is 238 g/mol. The Bertz CT molecular complexity index is 423. The third-order valence-electron chi connectivity index (χ3n) is 2.07. The molecule has 0 aliphatic heterocycles. The van der Waals surface area contributed by atoms with Crippen molar-refractivity contribution in [1.82, 2.24) is 5.32 Å². The summed E-state index contributed by atoms with van der Waals surface area (Å²) in [5.74, 6) is 0.503. The Labute approximate surface area is 105 Å². The van der Waals surface area contributed by atoms with Gasteiger partial charge in [-0.25, -0.2) is 0 Å². The van der Waals surface area contributed by atoms with E-state index in [4.69, 9.17) is 16.2 Å². The van der Waals surface area contributed by atoms with Crippen molar-refractivity contribution in [2.45, 2.75) is 24.1 Å². The summed E-state index contributed by atoms with van der Waals surface area (Å²) in [6.07, 6.45) is 0. The van der Waals surface area contributed by atoms with Crippen molar-refractivity contribution in [3.63, 3.8) is 0 Å². The molecule has 1 aromatic carbocycles. The molecule has 0 saturated carbocycles. The van der Waals surface area contributed by atoms with Crippen LogP contribution in [0.25, 0.3) is 0 Å². The third-order valence-corrected chi connectivity index (χ3v) is 3.15. The molecule has 0 heterocycles. The van der Waals surface area contributed by atoms with E-state index in [1.165, 1.54) is 18.7 Å². The standard InChI is InChI=1S/C11H17N3O2S/c1-6(15)14-7(2)17-11-5-10(16-3)8(12)4-9(11)13/h4-5,7H,12-13H2,1-3H3,(H,14,15). The van der Waals surface area contributed by atoms with Crippen LogP contribution in [-0.2, 0) is 4.79 Å². The van der Waals surface area contributed by atoms with Gasteiger partial charge in [-0.1, -0.05) is 11.8 Å². The first-order valence-corrected chi connectivity index (χ1v) is 5.98. The van der Waals surface area contributed by atoms with Gasteiger partial charge in [0.2, 0.25) is 5.91 Å². The van der Waals surface area contributed by atoms with Crippen molar-refractivity contribution >= 4 is 29.0 Å². The van der Waals surface area contributed by atoms with Gasteiger partial charge in [0.25, 0.3) is 0 Å². The lowest BCUT2D eigenvalue weighted by Crippen LogP contribution is -2.27. The summed E-state index contributed by atoms with van der Waals surface area (Å²) in [4.78, 5) is 11.7. The number of rotatable bonds is 4. The van der Waals surface area contributed by atoms with Gasteiger partial charge < -0.3 is 21.5 Å². The van der Waals surface area contributed by atoms with Crippen LogP contribution in [0, 0.1) is 0 Å². The van der Waals surface area contributed by atoms with Gasteiger partial charge in [-0.05, 0) is 19.1 Å². The maximum absolute atomic E-state index is 10.9. The largest absolute Gasteiger partial charge is 0.495 e. The zero-order valence-electron chi connectivity index (χ0n) is 10.1. The lowest BCUT2D eigenvalue weighted by Gasteiger charge is -2.15. The van der Waals surface area contributed by atoms with Crippen molar-refractivity contribution < 1.29 is 9.53 Å². The zero-order valence-corrected chi connectivity index (χ0v) is 10.9. The van der Waals surface area contributed by atoms with Gasteiger partial charge >= 0.3 is 0 Å². The number of nitrogens with one attached hydrogen (secondary N) is 1.